The van der Waals surface area contributed by atoms with Gasteiger partial charge in [0, 0.05) is 0 Å². The summed E-state index contributed by atoms with van der Waals surface area (Å²) in [5.41, 5.74) is 1.14. The van der Waals surface area contributed by atoms with Gasteiger partial charge in [-0.25, -0.2) is 0 Å². The van der Waals surface area contributed by atoms with Gasteiger partial charge in [-0.05, 0) is 26.2 Å². The molecule has 2 atom stereocenters. The molecule has 9 heavy (non-hydrogen) atoms. The Morgan fingerprint density at radius 3 is 2.11 bits per heavy atom. The maximum atomic E-state index is 9.03. The molecule has 0 radical (unpaired) electrons. The van der Waals surface area contributed by atoms with Crippen LogP contribution in [0.5, 0.6) is 0 Å². The standard InChI is InChI=1S/C8H16O/c1-6(2)5-7(3)8(4)9/h7-9H,1,5H2,2-4H3. The molecule has 0 rings (SSSR count). The van der Waals surface area contributed by atoms with Gasteiger partial charge in [0.25, 0.3) is 0 Å². The Kier molecular flexibility index (Phi) is 3.55. The van der Waals surface area contributed by atoms with E-state index in [0.717, 1.165) is 12.0 Å². The first-order valence-electron chi connectivity index (χ1n) is 3.36. The van der Waals surface area contributed by atoms with Crippen molar-refractivity contribution < 1.29 is 5.11 Å². The Balaban J connectivity index is 3.50. The molecule has 1 heteroatoms. The molecular weight excluding hydrogens is 112 g/mol. The molecule has 0 aromatic rings. The van der Waals surface area contributed by atoms with Crippen LogP contribution in [0.25, 0.3) is 0 Å². The van der Waals surface area contributed by atoms with Crippen LogP contribution in [0.1, 0.15) is 27.2 Å². The van der Waals surface area contributed by atoms with Crippen LogP contribution in [-0.2, 0) is 0 Å². The van der Waals surface area contributed by atoms with Gasteiger partial charge in [0.05, 0.1) is 6.10 Å². The Bertz CT molecular complexity index is 94.7. The van der Waals surface area contributed by atoms with Gasteiger partial charge in [-0.15, -0.1) is 6.58 Å². The van der Waals surface area contributed by atoms with E-state index in [-0.39, 0.29) is 6.10 Å². The first-order valence-corrected chi connectivity index (χ1v) is 3.36. The topological polar surface area (TPSA) is 20.2 Å². The van der Waals surface area contributed by atoms with Crippen molar-refractivity contribution in [3.05, 3.63) is 12.2 Å². The summed E-state index contributed by atoms with van der Waals surface area (Å²) in [4.78, 5) is 0. The second kappa shape index (κ2) is 3.67. The van der Waals surface area contributed by atoms with Crippen molar-refractivity contribution in [3.8, 4) is 0 Å². The van der Waals surface area contributed by atoms with E-state index in [0.29, 0.717) is 5.92 Å². The van der Waals surface area contributed by atoms with Crippen LogP contribution in [0.3, 0.4) is 0 Å². The first-order chi connectivity index (χ1) is 4.04. The highest BCUT2D eigenvalue weighted by atomic mass is 16.3. The lowest BCUT2D eigenvalue weighted by molar-refractivity contribution is 0.135. The van der Waals surface area contributed by atoms with Crippen molar-refractivity contribution in [1.82, 2.24) is 0 Å². The van der Waals surface area contributed by atoms with Gasteiger partial charge >= 0.3 is 0 Å². The van der Waals surface area contributed by atoms with Crippen LogP contribution in [0.2, 0.25) is 0 Å². The monoisotopic (exact) mass is 128 g/mol. The fraction of sp³-hybridized carbons (Fsp3) is 0.750. The first kappa shape index (κ1) is 8.70. The molecule has 0 fully saturated rings. The molecule has 0 saturated carbocycles. The maximum absolute atomic E-state index is 9.03. The molecule has 0 saturated heterocycles. The highest BCUT2D eigenvalue weighted by molar-refractivity contribution is 4.90. The number of allylic oxidation sites excluding steroid dienone is 1. The minimum Gasteiger partial charge on any atom is -0.393 e. The zero-order valence-corrected chi connectivity index (χ0v) is 6.52. The minimum absolute atomic E-state index is 0.207. The molecule has 0 bridgehead atoms. The lowest BCUT2D eigenvalue weighted by Gasteiger charge is -2.13. The third-order valence-corrected chi connectivity index (χ3v) is 1.49. The third-order valence-electron chi connectivity index (χ3n) is 1.49. The van der Waals surface area contributed by atoms with Crippen molar-refractivity contribution in [2.24, 2.45) is 5.92 Å². The molecular formula is C8H16O. The Morgan fingerprint density at radius 1 is 1.56 bits per heavy atom. The average Bonchev–Trinajstić information content (AvgIpc) is 1.63. The van der Waals surface area contributed by atoms with Gasteiger partial charge < -0.3 is 5.11 Å². The van der Waals surface area contributed by atoms with E-state index in [1.54, 1.807) is 0 Å². The van der Waals surface area contributed by atoms with E-state index in [2.05, 4.69) is 6.58 Å². The van der Waals surface area contributed by atoms with E-state index in [9.17, 15) is 0 Å². The molecule has 0 heterocycles. The number of aliphatic hydroxyl groups is 1. The van der Waals surface area contributed by atoms with E-state index in [1.165, 1.54) is 0 Å². The molecule has 0 aliphatic carbocycles. The van der Waals surface area contributed by atoms with E-state index in [1.807, 2.05) is 20.8 Å². The molecule has 0 amide bonds. The molecule has 0 spiro atoms. The molecule has 54 valence electrons. The van der Waals surface area contributed by atoms with Crippen LogP contribution in [-0.4, -0.2) is 11.2 Å². The van der Waals surface area contributed by atoms with Crippen LogP contribution in [0.4, 0.5) is 0 Å². The Labute approximate surface area is 57.4 Å². The van der Waals surface area contributed by atoms with Gasteiger partial charge in [0.1, 0.15) is 0 Å². The van der Waals surface area contributed by atoms with Gasteiger partial charge in [0.15, 0.2) is 0 Å². The quantitative estimate of drug-likeness (QED) is 0.576. The zero-order valence-electron chi connectivity index (χ0n) is 6.52. The van der Waals surface area contributed by atoms with Crippen molar-refractivity contribution >= 4 is 0 Å². The van der Waals surface area contributed by atoms with Crippen molar-refractivity contribution in [2.45, 2.75) is 33.3 Å². The lowest BCUT2D eigenvalue weighted by atomic mass is 9.99. The maximum Gasteiger partial charge on any atom is 0.0540 e. The van der Waals surface area contributed by atoms with Crippen LogP contribution >= 0.6 is 0 Å². The summed E-state index contributed by atoms with van der Waals surface area (Å²) >= 11 is 0. The van der Waals surface area contributed by atoms with Gasteiger partial charge in [-0.3, -0.25) is 0 Å². The highest BCUT2D eigenvalue weighted by Gasteiger charge is 2.07. The number of hydrogen-bond acceptors (Lipinski definition) is 1. The summed E-state index contributed by atoms with van der Waals surface area (Å²) in [7, 11) is 0. The zero-order chi connectivity index (χ0) is 7.44. The molecule has 0 aromatic heterocycles. The molecule has 1 nitrogen and oxygen atoms in total. The largest absolute Gasteiger partial charge is 0.393 e. The molecule has 1 N–H and O–H groups in total. The third kappa shape index (κ3) is 4.22. The van der Waals surface area contributed by atoms with Crippen molar-refractivity contribution in [1.29, 1.82) is 0 Å². The Morgan fingerprint density at radius 2 is 2.00 bits per heavy atom. The normalized spacial score (nSPS) is 16.9. The summed E-state index contributed by atoms with van der Waals surface area (Å²) in [6.07, 6.45) is 0.721. The fourth-order valence-electron chi connectivity index (χ4n) is 0.720. The number of rotatable bonds is 3. The predicted octanol–water partition coefficient (Wildman–Crippen LogP) is 1.97. The van der Waals surface area contributed by atoms with Crippen LogP contribution in [0.15, 0.2) is 12.2 Å². The second-order valence-corrected chi connectivity index (χ2v) is 2.88. The summed E-state index contributed by atoms with van der Waals surface area (Å²) in [6, 6.07) is 0. The van der Waals surface area contributed by atoms with Crippen LogP contribution in [0, 0.1) is 5.92 Å². The summed E-state index contributed by atoms with van der Waals surface area (Å²) in [5, 5.41) is 9.03. The predicted molar refractivity (Wildman–Crippen MR) is 40.3 cm³/mol. The summed E-state index contributed by atoms with van der Waals surface area (Å²) in [5.74, 6) is 0.350. The highest BCUT2D eigenvalue weighted by Crippen LogP contribution is 2.12. The summed E-state index contributed by atoms with van der Waals surface area (Å²) in [6.45, 7) is 9.59. The lowest BCUT2D eigenvalue weighted by Crippen LogP contribution is -2.12. The van der Waals surface area contributed by atoms with E-state index < -0.39 is 0 Å². The SMILES string of the molecule is C=C(C)CC(C)C(C)O. The smallest absolute Gasteiger partial charge is 0.0540 e. The molecule has 0 aliphatic heterocycles. The minimum atomic E-state index is -0.207. The van der Waals surface area contributed by atoms with Gasteiger partial charge in [-0.2, -0.15) is 0 Å². The van der Waals surface area contributed by atoms with Crippen molar-refractivity contribution in [3.63, 3.8) is 0 Å². The second-order valence-electron chi connectivity index (χ2n) is 2.88. The van der Waals surface area contributed by atoms with E-state index >= 15 is 0 Å². The average molecular weight is 128 g/mol. The van der Waals surface area contributed by atoms with Gasteiger partial charge in [-0.1, -0.05) is 12.5 Å². The number of aliphatic hydroxyl groups excluding tert-OH is 1. The van der Waals surface area contributed by atoms with Gasteiger partial charge in [0.2, 0.25) is 0 Å². The summed E-state index contributed by atoms with van der Waals surface area (Å²) < 4.78 is 0. The number of hydrogen-bond donors (Lipinski definition) is 1. The molecule has 2 unspecified atom stereocenters. The Hall–Kier alpha value is -0.300. The fourth-order valence-corrected chi connectivity index (χ4v) is 0.720. The van der Waals surface area contributed by atoms with Crippen LogP contribution < -0.4 is 0 Å². The molecule has 0 aromatic carbocycles. The van der Waals surface area contributed by atoms with Crippen molar-refractivity contribution in [2.75, 3.05) is 0 Å². The van der Waals surface area contributed by atoms with E-state index in [4.69, 9.17) is 5.11 Å². The molecule has 0 aliphatic rings.